The van der Waals surface area contributed by atoms with Crippen LogP contribution in [0.25, 0.3) is 10.8 Å². The second-order valence-corrected chi connectivity index (χ2v) is 8.89. The molecule has 2 aromatic rings. The van der Waals surface area contributed by atoms with E-state index in [4.69, 9.17) is 18.9 Å². The summed E-state index contributed by atoms with van der Waals surface area (Å²) < 4.78 is 25.4. The van der Waals surface area contributed by atoms with Gasteiger partial charge in [0.2, 0.25) is 0 Å². The van der Waals surface area contributed by atoms with Crippen LogP contribution in [0.5, 0.6) is 5.75 Å². The van der Waals surface area contributed by atoms with Gasteiger partial charge in [-0.2, -0.15) is 0 Å². The standard InChI is InChI=1S/C30H32O9.C4H8.C2H6/c1-6-26(35-5)21(4)20(3)14-15-38-30(34)24-9-8-23-19-25(11-10-22(23)18-24)39-29(33)13-12-28(32)37-17-16-36-27(31)7-2;1-3-4-2;1-2/h6-11,14-15,18-19,21H,2-3,12-13,16-17H2,1,4-5H3;3H,1,4H2,2H3;1-2H3/b15-14+,26-6+;;. The minimum absolute atomic E-state index is 0.0617. The van der Waals surface area contributed by atoms with Crippen LogP contribution in [0.2, 0.25) is 0 Å². The molecule has 0 bridgehead atoms. The van der Waals surface area contributed by atoms with Gasteiger partial charge in [0.25, 0.3) is 0 Å². The second-order valence-electron chi connectivity index (χ2n) is 8.89. The predicted octanol–water partition coefficient (Wildman–Crippen LogP) is 7.82. The Morgan fingerprint density at radius 2 is 1.51 bits per heavy atom. The van der Waals surface area contributed by atoms with Gasteiger partial charge in [0.15, 0.2) is 0 Å². The molecule has 0 aliphatic heterocycles. The first kappa shape index (κ1) is 40.1. The summed E-state index contributed by atoms with van der Waals surface area (Å²) in [6.07, 6.45) is 8.35. The molecule has 0 saturated carbocycles. The summed E-state index contributed by atoms with van der Waals surface area (Å²) in [5.74, 6) is -1.39. The smallest absolute Gasteiger partial charge is 0.342 e. The summed E-state index contributed by atoms with van der Waals surface area (Å²) in [4.78, 5) is 47.2. The zero-order valence-corrected chi connectivity index (χ0v) is 27.3. The number of benzene rings is 2. The zero-order valence-electron chi connectivity index (χ0n) is 27.3. The van der Waals surface area contributed by atoms with Crippen molar-refractivity contribution in [2.45, 2.75) is 53.9 Å². The summed E-state index contributed by atoms with van der Waals surface area (Å²) >= 11 is 0. The quantitative estimate of drug-likeness (QED) is 0.0287. The number of carbonyl (C=O) groups excluding carboxylic acids is 4. The second kappa shape index (κ2) is 23.5. The Balaban J connectivity index is 0.00000298. The molecule has 0 N–H and O–H groups in total. The van der Waals surface area contributed by atoms with Crippen molar-refractivity contribution in [3.05, 3.63) is 104 Å². The number of carbonyl (C=O) groups is 4. The number of ether oxygens (including phenoxy) is 5. The third-order valence-electron chi connectivity index (χ3n) is 5.82. The minimum atomic E-state index is -0.620. The monoisotopic (exact) mass is 622 g/mol. The fourth-order valence-corrected chi connectivity index (χ4v) is 3.35. The van der Waals surface area contributed by atoms with Gasteiger partial charge in [0.05, 0.1) is 37.5 Å². The zero-order chi connectivity index (χ0) is 34.2. The SMILES string of the molecule is C=CC(=O)OCCOC(=O)CCC(=O)Oc1ccc2cc(C(=O)O/C=C/C(=C)C(C)/C(=C\C)OC)ccc2c1.C=CCC.CC. The van der Waals surface area contributed by atoms with Gasteiger partial charge in [0, 0.05) is 12.0 Å². The maximum absolute atomic E-state index is 12.5. The third kappa shape index (κ3) is 15.9. The van der Waals surface area contributed by atoms with Gasteiger partial charge in [-0.1, -0.05) is 59.1 Å². The number of hydrogen-bond acceptors (Lipinski definition) is 9. The normalized spacial score (nSPS) is 11.0. The van der Waals surface area contributed by atoms with E-state index in [9.17, 15) is 19.2 Å². The lowest BCUT2D eigenvalue weighted by Gasteiger charge is -2.14. The Morgan fingerprint density at radius 3 is 2.11 bits per heavy atom. The van der Waals surface area contributed by atoms with Crippen LogP contribution in [-0.2, 0) is 33.3 Å². The van der Waals surface area contributed by atoms with E-state index in [0.29, 0.717) is 11.3 Å². The molecule has 0 aromatic heterocycles. The van der Waals surface area contributed by atoms with Crippen molar-refractivity contribution in [2.24, 2.45) is 5.92 Å². The Bertz CT molecular complexity index is 1350. The lowest BCUT2D eigenvalue weighted by atomic mass is 10.0. The van der Waals surface area contributed by atoms with Crippen LogP contribution in [0.1, 0.15) is 64.2 Å². The fraction of sp³-hybridized carbons (Fsp3) is 0.333. The van der Waals surface area contributed by atoms with Crippen LogP contribution in [0.15, 0.2) is 98.0 Å². The van der Waals surface area contributed by atoms with E-state index in [1.54, 1.807) is 49.6 Å². The Kier molecular flexibility index (Phi) is 21.0. The molecule has 1 unspecified atom stereocenters. The van der Waals surface area contributed by atoms with Gasteiger partial charge >= 0.3 is 23.9 Å². The molecular formula is C36H46O9. The van der Waals surface area contributed by atoms with Crippen molar-refractivity contribution >= 4 is 34.6 Å². The molecule has 0 saturated heterocycles. The molecule has 2 aromatic carbocycles. The van der Waals surface area contributed by atoms with Crippen molar-refractivity contribution in [3.8, 4) is 5.75 Å². The highest BCUT2D eigenvalue weighted by molar-refractivity contribution is 5.96. The van der Waals surface area contributed by atoms with Gasteiger partial charge in [0.1, 0.15) is 19.0 Å². The Labute approximate surface area is 266 Å². The van der Waals surface area contributed by atoms with Gasteiger partial charge < -0.3 is 23.7 Å². The summed E-state index contributed by atoms with van der Waals surface area (Å²) in [5, 5.41) is 1.48. The van der Waals surface area contributed by atoms with Crippen LogP contribution >= 0.6 is 0 Å². The number of methoxy groups -OCH3 is 1. The molecule has 0 aliphatic rings. The van der Waals surface area contributed by atoms with E-state index >= 15 is 0 Å². The van der Waals surface area contributed by atoms with E-state index in [1.165, 1.54) is 6.26 Å². The van der Waals surface area contributed by atoms with Crippen molar-refractivity contribution in [1.82, 2.24) is 0 Å². The van der Waals surface area contributed by atoms with Gasteiger partial charge in [-0.3, -0.25) is 9.59 Å². The molecule has 9 heteroatoms. The maximum atomic E-state index is 12.5. The molecule has 0 amide bonds. The molecule has 0 spiro atoms. The number of allylic oxidation sites excluding steroid dienone is 4. The first-order valence-corrected chi connectivity index (χ1v) is 14.7. The lowest BCUT2D eigenvalue weighted by molar-refractivity contribution is -0.151. The summed E-state index contributed by atoms with van der Waals surface area (Å²) in [6, 6.07) is 9.92. The van der Waals surface area contributed by atoms with Crippen LogP contribution < -0.4 is 4.74 Å². The molecule has 0 radical (unpaired) electrons. The van der Waals surface area contributed by atoms with Crippen LogP contribution in [0, 0.1) is 5.92 Å². The first-order valence-electron chi connectivity index (χ1n) is 14.7. The molecule has 9 nitrogen and oxygen atoms in total. The third-order valence-corrected chi connectivity index (χ3v) is 5.82. The van der Waals surface area contributed by atoms with Crippen molar-refractivity contribution < 1.29 is 42.9 Å². The Hall–Kier alpha value is -4.92. The van der Waals surface area contributed by atoms with Gasteiger partial charge in [-0.15, -0.1) is 6.58 Å². The van der Waals surface area contributed by atoms with Gasteiger partial charge in [-0.05, 0) is 66.1 Å². The van der Waals surface area contributed by atoms with E-state index < -0.39 is 23.9 Å². The van der Waals surface area contributed by atoms with Crippen molar-refractivity contribution in [1.29, 1.82) is 0 Å². The highest BCUT2D eigenvalue weighted by Gasteiger charge is 2.13. The largest absolute Gasteiger partial charge is 0.501 e. The van der Waals surface area contributed by atoms with Crippen LogP contribution in [-0.4, -0.2) is 44.2 Å². The number of fused-ring (bicyclic) bond motifs is 1. The maximum Gasteiger partial charge on any atom is 0.342 e. The van der Waals surface area contributed by atoms with Crippen LogP contribution in [0.3, 0.4) is 0 Å². The topological polar surface area (TPSA) is 114 Å². The molecular weight excluding hydrogens is 576 g/mol. The lowest BCUT2D eigenvalue weighted by Crippen LogP contribution is -2.15. The predicted molar refractivity (Wildman–Crippen MR) is 176 cm³/mol. The summed E-state index contributed by atoms with van der Waals surface area (Å²) in [6.45, 7) is 20.4. The fourth-order valence-electron chi connectivity index (χ4n) is 3.35. The molecule has 1 atom stereocenters. The number of rotatable bonds is 15. The minimum Gasteiger partial charge on any atom is -0.501 e. The van der Waals surface area contributed by atoms with E-state index in [1.807, 2.05) is 39.8 Å². The average Bonchev–Trinajstić information content (AvgIpc) is 3.06. The Morgan fingerprint density at radius 1 is 0.911 bits per heavy atom. The van der Waals surface area contributed by atoms with E-state index in [-0.39, 0.29) is 32.0 Å². The van der Waals surface area contributed by atoms with Gasteiger partial charge in [-0.25, -0.2) is 9.59 Å². The molecule has 244 valence electrons. The summed E-state index contributed by atoms with van der Waals surface area (Å²) in [7, 11) is 1.59. The van der Waals surface area contributed by atoms with Crippen molar-refractivity contribution in [3.63, 3.8) is 0 Å². The number of hydrogen-bond donors (Lipinski definition) is 0. The van der Waals surface area contributed by atoms with E-state index in [0.717, 1.165) is 34.6 Å². The molecule has 0 fully saturated rings. The highest BCUT2D eigenvalue weighted by atomic mass is 16.6. The number of esters is 4. The van der Waals surface area contributed by atoms with E-state index in [2.05, 4.69) is 31.4 Å². The van der Waals surface area contributed by atoms with Crippen molar-refractivity contribution in [2.75, 3.05) is 20.3 Å². The molecule has 2 rings (SSSR count). The first-order chi connectivity index (χ1) is 21.6. The average molecular weight is 623 g/mol. The highest BCUT2D eigenvalue weighted by Crippen LogP contribution is 2.24. The van der Waals surface area contributed by atoms with Crippen LogP contribution in [0.4, 0.5) is 0 Å². The summed E-state index contributed by atoms with van der Waals surface area (Å²) in [5.41, 5.74) is 1.07. The molecule has 45 heavy (non-hydrogen) atoms. The molecule has 0 aliphatic carbocycles. The molecule has 0 heterocycles.